The number of hydrogen-bond donors (Lipinski definition) is 2. The summed E-state index contributed by atoms with van der Waals surface area (Å²) in [6.07, 6.45) is 1.11. The molecule has 1 aliphatic carbocycles. The Morgan fingerprint density at radius 2 is 2.15 bits per heavy atom. The molecule has 0 amide bonds. The second-order valence-corrected chi connectivity index (χ2v) is 3.87. The Morgan fingerprint density at radius 1 is 1.46 bits per heavy atom. The van der Waals surface area contributed by atoms with Crippen LogP contribution >= 0.6 is 0 Å². The summed E-state index contributed by atoms with van der Waals surface area (Å²) in [6, 6.07) is 10.4. The van der Waals surface area contributed by atoms with Gasteiger partial charge >= 0.3 is 0 Å². The number of hydrogen-bond acceptors (Lipinski definition) is 2. The largest absolute Gasteiger partial charge is 0.321 e. The van der Waals surface area contributed by atoms with Crippen LogP contribution in [0.2, 0.25) is 0 Å². The summed E-state index contributed by atoms with van der Waals surface area (Å²) in [4.78, 5) is 0. The van der Waals surface area contributed by atoms with Crippen LogP contribution in [0, 0.1) is 5.92 Å². The first-order valence-corrected chi connectivity index (χ1v) is 4.76. The highest BCUT2D eigenvalue weighted by Crippen LogP contribution is 2.48. The predicted octanol–water partition coefficient (Wildman–Crippen LogP) is 1.08. The van der Waals surface area contributed by atoms with Gasteiger partial charge in [-0.25, -0.2) is 0 Å². The van der Waals surface area contributed by atoms with Crippen molar-refractivity contribution < 1.29 is 0 Å². The second kappa shape index (κ2) is 3.13. The molecule has 0 spiro atoms. The smallest absolute Gasteiger partial charge is 0.0455 e. The molecular formula is C11H16N2. The van der Waals surface area contributed by atoms with Crippen LogP contribution in [0.15, 0.2) is 30.3 Å². The first-order chi connectivity index (χ1) is 6.27. The third-order valence-corrected chi connectivity index (χ3v) is 2.91. The fraction of sp³-hybridized carbons (Fsp3) is 0.455. The Balaban J connectivity index is 2.11. The van der Waals surface area contributed by atoms with Gasteiger partial charge in [-0.15, -0.1) is 0 Å². The summed E-state index contributed by atoms with van der Waals surface area (Å²) in [6.45, 7) is 1.02. The van der Waals surface area contributed by atoms with Crippen LogP contribution in [0.1, 0.15) is 12.0 Å². The normalized spacial score (nSPS) is 31.7. The van der Waals surface area contributed by atoms with Crippen LogP contribution in [0.5, 0.6) is 0 Å². The van der Waals surface area contributed by atoms with E-state index in [1.165, 1.54) is 5.56 Å². The van der Waals surface area contributed by atoms with Gasteiger partial charge in [-0.3, -0.25) is 0 Å². The van der Waals surface area contributed by atoms with E-state index in [0.29, 0.717) is 5.92 Å². The first kappa shape index (κ1) is 8.73. The third-order valence-electron chi connectivity index (χ3n) is 2.91. The van der Waals surface area contributed by atoms with Crippen molar-refractivity contribution in [2.75, 3.05) is 13.6 Å². The zero-order chi connectivity index (χ0) is 9.31. The van der Waals surface area contributed by atoms with Crippen molar-refractivity contribution >= 4 is 0 Å². The van der Waals surface area contributed by atoms with E-state index < -0.39 is 0 Å². The highest BCUT2D eigenvalue weighted by molar-refractivity contribution is 5.31. The van der Waals surface area contributed by atoms with Gasteiger partial charge in [0, 0.05) is 5.54 Å². The van der Waals surface area contributed by atoms with E-state index in [1.807, 2.05) is 13.1 Å². The average Bonchev–Trinajstić information content (AvgIpc) is 2.81. The summed E-state index contributed by atoms with van der Waals surface area (Å²) >= 11 is 0. The maximum Gasteiger partial charge on any atom is 0.0455 e. The molecule has 2 atom stereocenters. The van der Waals surface area contributed by atoms with Crippen molar-refractivity contribution in [3.63, 3.8) is 0 Å². The molecule has 0 bridgehead atoms. The Bertz CT molecular complexity index is 283. The van der Waals surface area contributed by atoms with Gasteiger partial charge in [0.05, 0.1) is 0 Å². The van der Waals surface area contributed by atoms with E-state index in [-0.39, 0.29) is 5.54 Å². The van der Waals surface area contributed by atoms with E-state index in [2.05, 4.69) is 29.6 Å². The fourth-order valence-electron chi connectivity index (χ4n) is 1.95. The molecule has 1 fully saturated rings. The van der Waals surface area contributed by atoms with E-state index in [4.69, 9.17) is 5.73 Å². The molecule has 0 unspecified atom stereocenters. The van der Waals surface area contributed by atoms with Crippen molar-refractivity contribution in [2.45, 2.75) is 12.0 Å². The van der Waals surface area contributed by atoms with Crippen molar-refractivity contribution in [1.29, 1.82) is 0 Å². The van der Waals surface area contributed by atoms with Gasteiger partial charge in [0.2, 0.25) is 0 Å². The molecule has 1 aliphatic rings. The lowest BCUT2D eigenvalue weighted by molar-refractivity contribution is 0.596. The molecule has 0 heterocycles. The Labute approximate surface area is 79.1 Å². The van der Waals surface area contributed by atoms with Crippen LogP contribution in [-0.2, 0) is 5.54 Å². The molecule has 13 heavy (non-hydrogen) atoms. The molecule has 1 saturated carbocycles. The topological polar surface area (TPSA) is 38.0 Å². The van der Waals surface area contributed by atoms with Crippen LogP contribution < -0.4 is 11.1 Å². The minimum atomic E-state index is -0.0513. The maximum absolute atomic E-state index is 6.26. The summed E-state index contributed by atoms with van der Waals surface area (Å²) in [5, 5.41) is 3.17. The Morgan fingerprint density at radius 3 is 2.77 bits per heavy atom. The molecule has 2 heteroatoms. The average molecular weight is 176 g/mol. The standard InChI is InChI=1S/C11H16N2/c1-13-8-10-7-11(10,12)9-5-3-2-4-6-9/h2-6,10,13H,7-8,12H2,1H3/t10-,11+/m0/s1. The van der Waals surface area contributed by atoms with Crippen LogP contribution in [0.25, 0.3) is 0 Å². The van der Waals surface area contributed by atoms with Crippen LogP contribution in [0.3, 0.4) is 0 Å². The van der Waals surface area contributed by atoms with Crippen molar-refractivity contribution in [1.82, 2.24) is 5.32 Å². The van der Waals surface area contributed by atoms with E-state index >= 15 is 0 Å². The number of nitrogens with two attached hydrogens (primary N) is 1. The third kappa shape index (κ3) is 1.47. The Kier molecular flexibility index (Phi) is 2.10. The molecule has 3 N–H and O–H groups in total. The molecule has 0 aliphatic heterocycles. The highest BCUT2D eigenvalue weighted by atomic mass is 14.9. The summed E-state index contributed by atoms with van der Waals surface area (Å²) in [5.74, 6) is 0.611. The van der Waals surface area contributed by atoms with Gasteiger partial charge in [-0.1, -0.05) is 30.3 Å². The van der Waals surface area contributed by atoms with Crippen molar-refractivity contribution in [3.8, 4) is 0 Å². The minimum Gasteiger partial charge on any atom is -0.321 e. The lowest BCUT2D eigenvalue weighted by atomic mass is 10.0. The van der Waals surface area contributed by atoms with Gasteiger partial charge in [-0.05, 0) is 31.5 Å². The molecule has 0 saturated heterocycles. The second-order valence-electron chi connectivity index (χ2n) is 3.87. The van der Waals surface area contributed by atoms with Gasteiger partial charge in [0.25, 0.3) is 0 Å². The molecule has 0 radical (unpaired) electrons. The minimum absolute atomic E-state index is 0.0513. The van der Waals surface area contributed by atoms with E-state index in [1.54, 1.807) is 0 Å². The van der Waals surface area contributed by atoms with Gasteiger partial charge in [-0.2, -0.15) is 0 Å². The SMILES string of the molecule is CNC[C@@H]1C[C@@]1(N)c1ccccc1. The monoisotopic (exact) mass is 176 g/mol. The van der Waals surface area contributed by atoms with Gasteiger partial charge < -0.3 is 11.1 Å². The van der Waals surface area contributed by atoms with Gasteiger partial charge in [0.1, 0.15) is 0 Å². The molecule has 2 nitrogen and oxygen atoms in total. The number of nitrogens with one attached hydrogen (secondary N) is 1. The van der Waals surface area contributed by atoms with Gasteiger partial charge in [0.15, 0.2) is 0 Å². The molecule has 0 aromatic heterocycles. The highest BCUT2D eigenvalue weighted by Gasteiger charge is 2.51. The quantitative estimate of drug-likeness (QED) is 0.723. The molecule has 70 valence electrons. The zero-order valence-electron chi connectivity index (χ0n) is 7.96. The molecule has 2 rings (SSSR count). The maximum atomic E-state index is 6.26. The van der Waals surface area contributed by atoms with Crippen LogP contribution in [0.4, 0.5) is 0 Å². The molecule has 1 aromatic rings. The van der Waals surface area contributed by atoms with E-state index in [9.17, 15) is 0 Å². The van der Waals surface area contributed by atoms with Crippen molar-refractivity contribution in [3.05, 3.63) is 35.9 Å². The number of rotatable bonds is 3. The summed E-state index contributed by atoms with van der Waals surface area (Å²) in [5.41, 5.74) is 7.48. The first-order valence-electron chi connectivity index (χ1n) is 4.76. The zero-order valence-corrected chi connectivity index (χ0v) is 7.96. The lowest BCUT2D eigenvalue weighted by Crippen LogP contribution is -2.26. The fourth-order valence-corrected chi connectivity index (χ4v) is 1.95. The lowest BCUT2D eigenvalue weighted by Gasteiger charge is -2.11. The molecule has 1 aromatic carbocycles. The summed E-state index contributed by atoms with van der Waals surface area (Å²) in [7, 11) is 1.98. The predicted molar refractivity (Wildman–Crippen MR) is 54.3 cm³/mol. The van der Waals surface area contributed by atoms with E-state index in [0.717, 1.165) is 13.0 Å². The Hall–Kier alpha value is -0.860. The number of benzene rings is 1. The van der Waals surface area contributed by atoms with Crippen LogP contribution in [-0.4, -0.2) is 13.6 Å². The molecular weight excluding hydrogens is 160 g/mol. The van der Waals surface area contributed by atoms with Crippen molar-refractivity contribution in [2.24, 2.45) is 11.7 Å². The summed E-state index contributed by atoms with van der Waals surface area (Å²) < 4.78 is 0.